The molecule has 0 aliphatic rings. The smallest absolute Gasteiger partial charge is 0.311 e. The van der Waals surface area contributed by atoms with Gasteiger partial charge in [0.25, 0.3) is 5.91 Å². The van der Waals surface area contributed by atoms with Gasteiger partial charge in [-0.15, -0.1) is 0 Å². The van der Waals surface area contributed by atoms with Gasteiger partial charge in [-0.2, -0.15) is 0 Å². The van der Waals surface area contributed by atoms with E-state index in [1.54, 1.807) is 12.1 Å². The van der Waals surface area contributed by atoms with E-state index in [2.05, 4.69) is 21.2 Å². The number of halogens is 2. The van der Waals surface area contributed by atoms with Gasteiger partial charge in [-0.3, -0.25) is 14.9 Å². The SMILES string of the molecule is Cc1ccc(NC(=O)COc2cc(F)ccc2[N+](=O)[O-])cc1Br. The van der Waals surface area contributed by atoms with Gasteiger partial charge in [0.05, 0.1) is 4.92 Å². The fourth-order valence-corrected chi connectivity index (χ4v) is 2.14. The van der Waals surface area contributed by atoms with Gasteiger partial charge in [0.2, 0.25) is 5.75 Å². The number of hydrogen-bond acceptors (Lipinski definition) is 4. The summed E-state index contributed by atoms with van der Waals surface area (Å²) in [6.07, 6.45) is 0. The maximum Gasteiger partial charge on any atom is 0.311 e. The lowest BCUT2D eigenvalue weighted by atomic mass is 10.2. The summed E-state index contributed by atoms with van der Waals surface area (Å²) in [5.41, 5.74) is 1.15. The first-order valence-corrected chi connectivity index (χ1v) is 7.29. The maximum atomic E-state index is 13.2. The van der Waals surface area contributed by atoms with Crippen molar-refractivity contribution in [2.75, 3.05) is 11.9 Å². The summed E-state index contributed by atoms with van der Waals surface area (Å²) in [6.45, 7) is 1.43. The molecule has 0 aliphatic carbocycles. The standard InChI is InChI=1S/C15H12BrFN2O4/c1-9-2-4-11(7-12(9)16)18-15(20)8-23-14-6-10(17)3-5-13(14)19(21)22/h2-7H,8H2,1H3,(H,18,20). The van der Waals surface area contributed by atoms with Crippen LogP contribution in [0.3, 0.4) is 0 Å². The van der Waals surface area contributed by atoms with Gasteiger partial charge >= 0.3 is 5.69 Å². The zero-order valence-electron chi connectivity index (χ0n) is 12.0. The number of nitro benzene ring substituents is 1. The maximum absolute atomic E-state index is 13.2. The van der Waals surface area contributed by atoms with Crippen LogP contribution in [-0.4, -0.2) is 17.4 Å². The number of rotatable bonds is 5. The molecule has 120 valence electrons. The zero-order chi connectivity index (χ0) is 17.0. The Morgan fingerprint density at radius 3 is 2.74 bits per heavy atom. The summed E-state index contributed by atoms with van der Waals surface area (Å²) in [6, 6.07) is 8.06. The van der Waals surface area contributed by atoms with Crippen molar-refractivity contribution in [2.24, 2.45) is 0 Å². The Labute approximate surface area is 139 Å². The number of hydrogen-bond donors (Lipinski definition) is 1. The number of carbonyl (C=O) groups excluding carboxylic acids is 1. The number of benzene rings is 2. The summed E-state index contributed by atoms with van der Waals surface area (Å²) in [5, 5.41) is 13.4. The first-order chi connectivity index (χ1) is 10.9. The van der Waals surface area contributed by atoms with Crippen LogP contribution in [0.25, 0.3) is 0 Å². The molecule has 0 bridgehead atoms. The molecule has 0 atom stereocenters. The van der Waals surface area contributed by atoms with Crippen molar-refractivity contribution in [3.63, 3.8) is 0 Å². The number of nitro groups is 1. The van der Waals surface area contributed by atoms with E-state index in [4.69, 9.17) is 4.74 Å². The summed E-state index contributed by atoms with van der Waals surface area (Å²) in [7, 11) is 0. The van der Waals surface area contributed by atoms with Crippen LogP contribution in [0.5, 0.6) is 5.75 Å². The van der Waals surface area contributed by atoms with E-state index in [1.165, 1.54) is 0 Å². The van der Waals surface area contributed by atoms with E-state index in [0.29, 0.717) is 5.69 Å². The Morgan fingerprint density at radius 2 is 2.09 bits per heavy atom. The van der Waals surface area contributed by atoms with Crippen molar-refractivity contribution in [2.45, 2.75) is 6.92 Å². The second kappa shape index (κ2) is 7.19. The molecule has 2 aromatic rings. The summed E-state index contributed by atoms with van der Waals surface area (Å²) in [5.74, 6) is -1.50. The molecule has 0 saturated heterocycles. The van der Waals surface area contributed by atoms with Crippen molar-refractivity contribution in [1.82, 2.24) is 0 Å². The van der Waals surface area contributed by atoms with Crippen LogP contribution >= 0.6 is 15.9 Å². The molecule has 0 saturated carbocycles. The van der Waals surface area contributed by atoms with E-state index in [-0.39, 0.29) is 5.75 Å². The third-order valence-corrected chi connectivity index (χ3v) is 3.79. The molecular formula is C15H12BrFN2O4. The number of anilines is 1. The Hall–Kier alpha value is -2.48. The molecule has 1 amide bonds. The summed E-state index contributed by atoms with van der Waals surface area (Å²) >= 11 is 3.35. The van der Waals surface area contributed by atoms with Crippen LogP contribution in [0.4, 0.5) is 15.8 Å². The molecule has 0 fully saturated rings. The fraction of sp³-hybridized carbons (Fsp3) is 0.133. The highest BCUT2D eigenvalue weighted by Gasteiger charge is 2.17. The van der Waals surface area contributed by atoms with Crippen molar-refractivity contribution < 1.29 is 18.8 Å². The zero-order valence-corrected chi connectivity index (χ0v) is 13.6. The highest BCUT2D eigenvalue weighted by molar-refractivity contribution is 9.10. The average Bonchev–Trinajstić information content (AvgIpc) is 2.48. The second-order valence-electron chi connectivity index (χ2n) is 4.67. The van der Waals surface area contributed by atoms with Crippen LogP contribution in [0.1, 0.15) is 5.56 Å². The number of ether oxygens (including phenoxy) is 1. The van der Waals surface area contributed by atoms with Gasteiger partial charge in [0, 0.05) is 22.3 Å². The topological polar surface area (TPSA) is 81.5 Å². The molecule has 1 N–H and O–H groups in total. The predicted octanol–water partition coefficient (Wildman–Crippen LogP) is 3.82. The molecule has 0 radical (unpaired) electrons. The number of nitrogens with zero attached hydrogens (tertiary/aromatic N) is 1. The van der Waals surface area contributed by atoms with Gasteiger partial charge in [-0.25, -0.2) is 4.39 Å². The van der Waals surface area contributed by atoms with Crippen LogP contribution in [0.15, 0.2) is 40.9 Å². The number of amides is 1. The Balaban J connectivity index is 2.03. The molecular weight excluding hydrogens is 371 g/mol. The Bertz CT molecular complexity index is 767. The van der Waals surface area contributed by atoms with Crippen molar-refractivity contribution in [3.8, 4) is 5.75 Å². The lowest BCUT2D eigenvalue weighted by Crippen LogP contribution is -2.20. The lowest BCUT2D eigenvalue weighted by Gasteiger charge is -2.09. The molecule has 23 heavy (non-hydrogen) atoms. The van der Waals surface area contributed by atoms with E-state index in [9.17, 15) is 19.3 Å². The van der Waals surface area contributed by atoms with E-state index in [0.717, 1.165) is 28.2 Å². The predicted molar refractivity (Wildman–Crippen MR) is 86.1 cm³/mol. The van der Waals surface area contributed by atoms with E-state index in [1.807, 2.05) is 13.0 Å². The average molecular weight is 383 g/mol. The first-order valence-electron chi connectivity index (χ1n) is 6.49. The van der Waals surface area contributed by atoms with Crippen LogP contribution in [0.2, 0.25) is 0 Å². The molecule has 2 rings (SSSR count). The van der Waals surface area contributed by atoms with Crippen LogP contribution < -0.4 is 10.1 Å². The quantitative estimate of drug-likeness (QED) is 0.629. The third-order valence-electron chi connectivity index (χ3n) is 2.93. The molecule has 0 aliphatic heterocycles. The third kappa shape index (κ3) is 4.49. The summed E-state index contributed by atoms with van der Waals surface area (Å²) in [4.78, 5) is 22.0. The van der Waals surface area contributed by atoms with Crippen molar-refractivity contribution in [3.05, 3.63) is 62.4 Å². The molecule has 2 aromatic carbocycles. The van der Waals surface area contributed by atoms with E-state index < -0.39 is 28.9 Å². The molecule has 0 aromatic heterocycles. The van der Waals surface area contributed by atoms with Crippen LogP contribution in [-0.2, 0) is 4.79 Å². The normalized spacial score (nSPS) is 10.2. The molecule has 0 spiro atoms. The minimum Gasteiger partial charge on any atom is -0.477 e. The van der Waals surface area contributed by atoms with Gasteiger partial charge < -0.3 is 10.1 Å². The summed E-state index contributed by atoms with van der Waals surface area (Å²) < 4.78 is 19.0. The molecule has 0 heterocycles. The molecule has 8 heteroatoms. The monoisotopic (exact) mass is 382 g/mol. The molecule has 6 nitrogen and oxygen atoms in total. The number of aryl methyl sites for hydroxylation is 1. The van der Waals surface area contributed by atoms with E-state index >= 15 is 0 Å². The van der Waals surface area contributed by atoms with Gasteiger partial charge in [-0.05, 0) is 30.7 Å². The van der Waals surface area contributed by atoms with Crippen molar-refractivity contribution in [1.29, 1.82) is 0 Å². The van der Waals surface area contributed by atoms with Gasteiger partial charge in [0.1, 0.15) is 5.82 Å². The Morgan fingerprint density at radius 1 is 1.35 bits per heavy atom. The first kappa shape index (κ1) is 16.9. The van der Waals surface area contributed by atoms with Crippen molar-refractivity contribution >= 4 is 33.2 Å². The van der Waals surface area contributed by atoms with Crippen LogP contribution in [0, 0.1) is 22.9 Å². The number of carbonyl (C=O) groups is 1. The fourth-order valence-electron chi connectivity index (χ4n) is 1.77. The minimum absolute atomic E-state index is 0.296. The van der Waals surface area contributed by atoms with Gasteiger partial charge in [-0.1, -0.05) is 22.0 Å². The number of nitrogens with one attached hydrogen (secondary N) is 1. The second-order valence-corrected chi connectivity index (χ2v) is 5.52. The Kier molecular flexibility index (Phi) is 5.28. The minimum atomic E-state index is -0.705. The highest BCUT2D eigenvalue weighted by Crippen LogP contribution is 2.27. The van der Waals surface area contributed by atoms with Gasteiger partial charge in [0.15, 0.2) is 6.61 Å². The largest absolute Gasteiger partial charge is 0.477 e. The molecule has 0 unspecified atom stereocenters. The lowest BCUT2D eigenvalue weighted by molar-refractivity contribution is -0.385. The highest BCUT2D eigenvalue weighted by atomic mass is 79.9.